The van der Waals surface area contributed by atoms with Crippen LogP contribution < -0.4 is 0 Å². The lowest BCUT2D eigenvalue weighted by molar-refractivity contribution is 0.0605. The first-order valence-electron chi connectivity index (χ1n) is 8.99. The zero-order valence-electron chi connectivity index (χ0n) is 14.4. The van der Waals surface area contributed by atoms with Gasteiger partial charge in [0.1, 0.15) is 0 Å². The van der Waals surface area contributed by atoms with Crippen molar-refractivity contribution in [2.45, 2.75) is 64.4 Å². The molecule has 22 heavy (non-hydrogen) atoms. The molecule has 3 rings (SSSR count). The highest BCUT2D eigenvalue weighted by Gasteiger charge is 2.30. The summed E-state index contributed by atoms with van der Waals surface area (Å²) in [7, 11) is 0. The summed E-state index contributed by atoms with van der Waals surface area (Å²) in [6.45, 7) is 10.2. The van der Waals surface area contributed by atoms with Crippen LogP contribution in [0.25, 0.3) is 0 Å². The van der Waals surface area contributed by atoms with E-state index in [2.05, 4.69) is 43.9 Å². The number of piperidine rings is 1. The van der Waals surface area contributed by atoms with E-state index in [1.165, 1.54) is 49.0 Å². The number of fused-ring (bicyclic) bond motifs is 1. The molecule has 1 N–H and O–H groups in total. The number of nitrogens with zero attached hydrogens (tertiary/aromatic N) is 1. The van der Waals surface area contributed by atoms with Crippen molar-refractivity contribution >= 4 is 0 Å². The zero-order chi connectivity index (χ0) is 15.7. The monoisotopic (exact) mass is 301 g/mol. The van der Waals surface area contributed by atoms with E-state index in [0.29, 0.717) is 5.92 Å². The van der Waals surface area contributed by atoms with Gasteiger partial charge in [0.15, 0.2) is 0 Å². The van der Waals surface area contributed by atoms with Gasteiger partial charge in [-0.1, -0.05) is 45.4 Å². The van der Waals surface area contributed by atoms with Crippen molar-refractivity contribution < 1.29 is 5.11 Å². The molecule has 0 saturated carbocycles. The molecule has 1 saturated heterocycles. The van der Waals surface area contributed by atoms with Gasteiger partial charge in [-0.3, -0.25) is 0 Å². The minimum Gasteiger partial charge on any atom is -0.388 e. The van der Waals surface area contributed by atoms with Crippen molar-refractivity contribution in [2.75, 3.05) is 19.6 Å². The van der Waals surface area contributed by atoms with Crippen molar-refractivity contribution in [2.24, 2.45) is 5.92 Å². The first kappa shape index (κ1) is 16.0. The molecule has 1 aromatic carbocycles. The Hall–Kier alpha value is -0.860. The molecule has 0 spiro atoms. The van der Waals surface area contributed by atoms with E-state index < -0.39 is 0 Å². The predicted octanol–water partition coefficient (Wildman–Crippen LogP) is 4.07. The molecule has 1 aliphatic carbocycles. The maximum atomic E-state index is 10.9. The molecule has 2 heteroatoms. The molecule has 0 radical (unpaired) electrons. The lowest BCUT2D eigenvalue weighted by Gasteiger charge is -2.36. The third-order valence-corrected chi connectivity index (χ3v) is 5.50. The molecular formula is C20H31NO. The maximum absolute atomic E-state index is 10.9. The summed E-state index contributed by atoms with van der Waals surface area (Å²) in [5, 5.41) is 10.9. The van der Waals surface area contributed by atoms with Crippen LogP contribution in [0.5, 0.6) is 0 Å². The first-order chi connectivity index (χ1) is 10.4. The van der Waals surface area contributed by atoms with Gasteiger partial charge >= 0.3 is 0 Å². The Kier molecular flexibility index (Phi) is 4.61. The molecule has 2 nitrogen and oxygen atoms in total. The van der Waals surface area contributed by atoms with Crippen LogP contribution in [0.3, 0.4) is 0 Å². The van der Waals surface area contributed by atoms with Crippen LogP contribution >= 0.6 is 0 Å². The van der Waals surface area contributed by atoms with Gasteiger partial charge in [-0.15, -0.1) is 0 Å². The number of benzene rings is 1. The number of hydrogen-bond acceptors (Lipinski definition) is 2. The summed E-state index contributed by atoms with van der Waals surface area (Å²) in [6.07, 6.45) is 5.99. The molecular weight excluding hydrogens is 270 g/mol. The van der Waals surface area contributed by atoms with Crippen molar-refractivity contribution in [3.63, 3.8) is 0 Å². The van der Waals surface area contributed by atoms with Gasteiger partial charge in [-0.05, 0) is 60.9 Å². The van der Waals surface area contributed by atoms with Crippen LogP contribution in [0.15, 0.2) is 18.2 Å². The van der Waals surface area contributed by atoms with Crippen molar-refractivity contribution in [3.8, 4) is 0 Å². The van der Waals surface area contributed by atoms with E-state index in [4.69, 9.17) is 0 Å². The van der Waals surface area contributed by atoms with E-state index in [1.807, 2.05) is 0 Å². The Morgan fingerprint density at radius 3 is 2.55 bits per heavy atom. The second-order valence-electron chi connectivity index (χ2n) is 8.27. The van der Waals surface area contributed by atoms with Gasteiger partial charge < -0.3 is 10.0 Å². The number of aliphatic hydroxyl groups excluding tert-OH is 1. The van der Waals surface area contributed by atoms with Gasteiger partial charge in [-0.2, -0.15) is 0 Å². The maximum Gasteiger partial charge on any atom is 0.0833 e. The molecule has 2 atom stereocenters. The fourth-order valence-corrected chi connectivity index (χ4v) is 3.98. The molecule has 1 fully saturated rings. The number of aryl methyl sites for hydroxylation is 1. The minimum absolute atomic E-state index is 0.147. The van der Waals surface area contributed by atoms with E-state index in [1.54, 1.807) is 0 Å². The smallest absolute Gasteiger partial charge is 0.0833 e. The van der Waals surface area contributed by atoms with Crippen LogP contribution in [0.2, 0.25) is 0 Å². The quantitative estimate of drug-likeness (QED) is 0.890. The summed E-state index contributed by atoms with van der Waals surface area (Å²) in [5.74, 6) is 0.404. The molecule has 1 aromatic rings. The Morgan fingerprint density at radius 2 is 1.86 bits per heavy atom. The number of rotatable bonds is 2. The van der Waals surface area contributed by atoms with Crippen molar-refractivity contribution in [1.82, 2.24) is 4.90 Å². The van der Waals surface area contributed by atoms with E-state index in [9.17, 15) is 5.11 Å². The third-order valence-electron chi connectivity index (χ3n) is 5.50. The third kappa shape index (κ3) is 3.38. The SMILES string of the molecule is CC(C)(C)c1ccc2c(c1)[C@@H](O)[C@H](CN1CCCCC1)CC2. The standard InChI is InChI=1S/C20H31NO/c1-20(2,3)17-10-9-15-7-8-16(19(22)18(15)13-17)14-21-11-5-4-6-12-21/h9-10,13,16,19,22H,4-8,11-12,14H2,1-3H3/t16-,19-/m0/s1. The second-order valence-corrected chi connectivity index (χ2v) is 8.27. The summed E-state index contributed by atoms with van der Waals surface area (Å²) in [6, 6.07) is 6.76. The number of hydrogen-bond donors (Lipinski definition) is 1. The number of aliphatic hydroxyl groups is 1. The average Bonchev–Trinajstić information content (AvgIpc) is 2.50. The molecule has 0 bridgehead atoms. The highest BCUT2D eigenvalue weighted by Crippen LogP contribution is 2.37. The van der Waals surface area contributed by atoms with Crippen molar-refractivity contribution in [3.05, 3.63) is 34.9 Å². The summed E-state index contributed by atoms with van der Waals surface area (Å²) >= 11 is 0. The van der Waals surface area contributed by atoms with Gasteiger partial charge in [0.25, 0.3) is 0 Å². The Labute approximate surface area is 135 Å². The molecule has 122 valence electrons. The topological polar surface area (TPSA) is 23.5 Å². The van der Waals surface area contributed by atoms with E-state index >= 15 is 0 Å². The van der Waals surface area contributed by atoms with Gasteiger partial charge in [0, 0.05) is 12.5 Å². The lowest BCUT2D eigenvalue weighted by atomic mass is 9.77. The minimum atomic E-state index is -0.284. The van der Waals surface area contributed by atoms with Crippen LogP contribution in [0.4, 0.5) is 0 Å². The first-order valence-corrected chi connectivity index (χ1v) is 8.99. The largest absolute Gasteiger partial charge is 0.388 e. The molecule has 0 aromatic heterocycles. The molecule has 2 aliphatic rings. The molecule has 1 heterocycles. The normalized spacial score (nSPS) is 26.7. The average molecular weight is 301 g/mol. The molecule has 0 unspecified atom stereocenters. The summed E-state index contributed by atoms with van der Waals surface area (Å²) in [4.78, 5) is 2.57. The van der Waals surface area contributed by atoms with Gasteiger partial charge in [-0.25, -0.2) is 0 Å². The fourth-order valence-electron chi connectivity index (χ4n) is 3.98. The molecule has 1 aliphatic heterocycles. The predicted molar refractivity (Wildman–Crippen MR) is 92.2 cm³/mol. The highest BCUT2D eigenvalue weighted by molar-refractivity contribution is 5.38. The summed E-state index contributed by atoms with van der Waals surface area (Å²) in [5.41, 5.74) is 4.04. The van der Waals surface area contributed by atoms with Gasteiger partial charge in [0.05, 0.1) is 6.10 Å². The van der Waals surface area contributed by atoms with Gasteiger partial charge in [0.2, 0.25) is 0 Å². The van der Waals surface area contributed by atoms with Crippen molar-refractivity contribution in [1.29, 1.82) is 0 Å². The van der Waals surface area contributed by atoms with Crippen LogP contribution in [-0.4, -0.2) is 29.6 Å². The van der Waals surface area contributed by atoms with Crippen LogP contribution in [0.1, 0.15) is 69.2 Å². The Morgan fingerprint density at radius 1 is 1.14 bits per heavy atom. The van der Waals surface area contributed by atoms with E-state index in [0.717, 1.165) is 19.4 Å². The Balaban J connectivity index is 1.76. The highest BCUT2D eigenvalue weighted by atomic mass is 16.3. The second kappa shape index (κ2) is 6.33. The lowest BCUT2D eigenvalue weighted by Crippen LogP contribution is -2.37. The molecule has 0 amide bonds. The Bertz CT molecular complexity index is 511. The summed E-state index contributed by atoms with van der Waals surface area (Å²) < 4.78 is 0. The number of likely N-dealkylation sites (tertiary alicyclic amines) is 1. The zero-order valence-corrected chi connectivity index (χ0v) is 14.4. The van der Waals surface area contributed by atoms with Crippen LogP contribution in [0, 0.1) is 5.92 Å². The van der Waals surface area contributed by atoms with Crippen LogP contribution in [-0.2, 0) is 11.8 Å². The fraction of sp³-hybridized carbons (Fsp3) is 0.700. The van der Waals surface area contributed by atoms with E-state index in [-0.39, 0.29) is 11.5 Å².